The normalized spacial score (nSPS) is 17.6. The second-order valence-corrected chi connectivity index (χ2v) is 7.01. The molecular weight excluding hydrogens is 394 g/mol. The fourth-order valence-electron chi connectivity index (χ4n) is 3.70. The molecule has 0 bridgehead atoms. The van der Waals surface area contributed by atoms with Crippen molar-refractivity contribution >= 4 is 23.1 Å². The van der Waals surface area contributed by atoms with Crippen LogP contribution in [0.1, 0.15) is 17.2 Å². The van der Waals surface area contributed by atoms with Gasteiger partial charge in [0.05, 0.1) is 25.8 Å². The van der Waals surface area contributed by atoms with Crippen molar-refractivity contribution in [1.29, 1.82) is 0 Å². The van der Waals surface area contributed by atoms with Gasteiger partial charge in [-0.1, -0.05) is 30.3 Å². The van der Waals surface area contributed by atoms with E-state index < -0.39 is 17.7 Å². The predicted molar refractivity (Wildman–Crippen MR) is 117 cm³/mol. The monoisotopic (exact) mass is 415 g/mol. The Bertz CT molecular complexity index is 1130. The summed E-state index contributed by atoms with van der Waals surface area (Å²) in [5, 5.41) is 11.1. The van der Waals surface area contributed by atoms with Gasteiger partial charge in [-0.25, -0.2) is 0 Å². The standard InChI is InChI=1S/C25H21NO5/c1-30-19-12-8-17(9-13-19)23(27)21-22(16-6-4-3-5-7-16)26(25(29)24(21)28)18-10-14-20(31-2)15-11-18/h3-15,22,27H,1-2H3/t22-/m1/s1. The largest absolute Gasteiger partial charge is 0.507 e. The van der Waals surface area contributed by atoms with Gasteiger partial charge in [0.1, 0.15) is 17.3 Å². The summed E-state index contributed by atoms with van der Waals surface area (Å²) < 4.78 is 10.4. The molecule has 1 heterocycles. The maximum absolute atomic E-state index is 13.1. The van der Waals surface area contributed by atoms with Crippen molar-refractivity contribution in [3.05, 3.63) is 95.6 Å². The lowest BCUT2D eigenvalue weighted by atomic mass is 9.95. The molecular formula is C25H21NO5. The van der Waals surface area contributed by atoms with E-state index in [-0.39, 0.29) is 11.3 Å². The zero-order valence-electron chi connectivity index (χ0n) is 17.1. The Morgan fingerprint density at radius 2 is 1.35 bits per heavy atom. The van der Waals surface area contributed by atoms with Crippen LogP contribution in [0.3, 0.4) is 0 Å². The number of aliphatic hydroxyl groups excluding tert-OH is 1. The van der Waals surface area contributed by atoms with Crippen molar-refractivity contribution in [1.82, 2.24) is 0 Å². The molecule has 1 amide bonds. The highest BCUT2D eigenvalue weighted by atomic mass is 16.5. The molecule has 0 aromatic heterocycles. The average Bonchev–Trinajstić information content (AvgIpc) is 3.09. The third kappa shape index (κ3) is 3.64. The molecule has 31 heavy (non-hydrogen) atoms. The number of Topliss-reactive ketones (excluding diaryl/α,β-unsaturated/α-hetero) is 1. The number of methoxy groups -OCH3 is 2. The molecule has 3 aromatic carbocycles. The summed E-state index contributed by atoms with van der Waals surface area (Å²) in [5.41, 5.74) is 1.71. The minimum atomic E-state index is -0.767. The fraction of sp³-hybridized carbons (Fsp3) is 0.120. The number of benzene rings is 3. The molecule has 1 aliphatic heterocycles. The number of hydrogen-bond donors (Lipinski definition) is 1. The third-order valence-corrected chi connectivity index (χ3v) is 5.27. The third-order valence-electron chi connectivity index (χ3n) is 5.27. The molecule has 1 saturated heterocycles. The number of ether oxygens (including phenoxy) is 2. The topological polar surface area (TPSA) is 76.1 Å². The van der Waals surface area contributed by atoms with Crippen molar-refractivity contribution in [3.8, 4) is 11.5 Å². The molecule has 3 aromatic rings. The summed E-state index contributed by atoms with van der Waals surface area (Å²) in [6.45, 7) is 0. The van der Waals surface area contributed by atoms with Gasteiger partial charge in [-0.2, -0.15) is 0 Å². The van der Waals surface area contributed by atoms with Crippen LogP contribution in [0.5, 0.6) is 11.5 Å². The van der Waals surface area contributed by atoms with Crippen molar-refractivity contribution in [2.45, 2.75) is 6.04 Å². The fourth-order valence-corrected chi connectivity index (χ4v) is 3.70. The van der Waals surface area contributed by atoms with Crippen LogP contribution in [0.4, 0.5) is 5.69 Å². The lowest BCUT2D eigenvalue weighted by Crippen LogP contribution is -2.29. The van der Waals surface area contributed by atoms with Gasteiger partial charge < -0.3 is 14.6 Å². The quantitative estimate of drug-likeness (QED) is 0.381. The Hall–Kier alpha value is -4.06. The number of ketones is 1. The van der Waals surface area contributed by atoms with E-state index in [0.717, 1.165) is 0 Å². The molecule has 0 saturated carbocycles. The molecule has 6 nitrogen and oxygen atoms in total. The van der Waals surface area contributed by atoms with E-state index in [4.69, 9.17) is 9.47 Å². The molecule has 1 aliphatic rings. The Morgan fingerprint density at radius 1 is 0.806 bits per heavy atom. The first-order chi connectivity index (χ1) is 15.0. The van der Waals surface area contributed by atoms with Crippen LogP contribution in [-0.2, 0) is 9.59 Å². The number of anilines is 1. The maximum atomic E-state index is 13.1. The van der Waals surface area contributed by atoms with Gasteiger partial charge in [-0.3, -0.25) is 14.5 Å². The maximum Gasteiger partial charge on any atom is 0.300 e. The van der Waals surface area contributed by atoms with Gasteiger partial charge in [0.25, 0.3) is 11.7 Å². The van der Waals surface area contributed by atoms with Crippen LogP contribution < -0.4 is 14.4 Å². The number of rotatable bonds is 5. The van der Waals surface area contributed by atoms with E-state index in [9.17, 15) is 14.7 Å². The van der Waals surface area contributed by atoms with Gasteiger partial charge >= 0.3 is 0 Å². The van der Waals surface area contributed by atoms with Crippen LogP contribution in [0.2, 0.25) is 0 Å². The number of hydrogen-bond acceptors (Lipinski definition) is 5. The second kappa shape index (κ2) is 8.36. The van der Waals surface area contributed by atoms with Gasteiger partial charge in [0.15, 0.2) is 0 Å². The smallest absolute Gasteiger partial charge is 0.300 e. The van der Waals surface area contributed by atoms with Gasteiger partial charge in [0.2, 0.25) is 0 Å². The minimum Gasteiger partial charge on any atom is -0.507 e. The second-order valence-electron chi connectivity index (χ2n) is 7.01. The van der Waals surface area contributed by atoms with Crippen LogP contribution in [-0.4, -0.2) is 31.0 Å². The number of carbonyl (C=O) groups is 2. The molecule has 1 atom stereocenters. The van der Waals surface area contributed by atoms with E-state index >= 15 is 0 Å². The van der Waals surface area contributed by atoms with Gasteiger partial charge in [-0.05, 0) is 54.1 Å². The molecule has 0 unspecified atom stereocenters. The highest BCUT2D eigenvalue weighted by molar-refractivity contribution is 6.51. The molecule has 0 radical (unpaired) electrons. The number of carbonyl (C=O) groups excluding carboxylic acids is 2. The molecule has 0 aliphatic carbocycles. The summed E-state index contributed by atoms with van der Waals surface area (Å²) in [6, 6.07) is 22.0. The average molecular weight is 415 g/mol. The number of amides is 1. The Balaban J connectivity index is 1.88. The van der Waals surface area contributed by atoms with Crippen LogP contribution in [0, 0.1) is 0 Å². The summed E-state index contributed by atoms with van der Waals surface area (Å²) in [6.07, 6.45) is 0. The van der Waals surface area contributed by atoms with E-state index in [0.29, 0.717) is 28.3 Å². The first-order valence-corrected chi connectivity index (χ1v) is 9.69. The van der Waals surface area contributed by atoms with E-state index in [1.165, 1.54) is 4.90 Å². The Kier molecular flexibility index (Phi) is 5.45. The summed E-state index contributed by atoms with van der Waals surface area (Å²) in [4.78, 5) is 27.6. The van der Waals surface area contributed by atoms with Crippen molar-refractivity contribution in [2.24, 2.45) is 0 Å². The first-order valence-electron chi connectivity index (χ1n) is 9.69. The number of nitrogens with zero attached hydrogens (tertiary/aromatic N) is 1. The SMILES string of the molecule is COc1ccc(C(O)=C2C(=O)C(=O)N(c3ccc(OC)cc3)[C@@H]2c2ccccc2)cc1. The van der Waals surface area contributed by atoms with Gasteiger partial charge in [-0.15, -0.1) is 0 Å². The number of aliphatic hydroxyl groups is 1. The van der Waals surface area contributed by atoms with Crippen molar-refractivity contribution in [3.63, 3.8) is 0 Å². The summed E-state index contributed by atoms with van der Waals surface area (Å²) in [5.74, 6) is -0.414. The zero-order chi connectivity index (χ0) is 22.0. The first kappa shape index (κ1) is 20.2. The lowest BCUT2D eigenvalue weighted by molar-refractivity contribution is -0.132. The minimum absolute atomic E-state index is 0.0391. The molecule has 4 rings (SSSR count). The lowest BCUT2D eigenvalue weighted by Gasteiger charge is -2.25. The molecule has 1 N–H and O–H groups in total. The summed E-state index contributed by atoms with van der Waals surface area (Å²) in [7, 11) is 3.10. The van der Waals surface area contributed by atoms with Crippen molar-refractivity contribution < 1.29 is 24.2 Å². The van der Waals surface area contributed by atoms with E-state index in [2.05, 4.69) is 0 Å². The van der Waals surface area contributed by atoms with Crippen LogP contribution >= 0.6 is 0 Å². The molecule has 6 heteroatoms. The molecule has 0 spiro atoms. The van der Waals surface area contributed by atoms with Gasteiger partial charge in [0, 0.05) is 11.3 Å². The highest BCUT2D eigenvalue weighted by Crippen LogP contribution is 2.42. The molecule has 1 fully saturated rings. The molecule has 156 valence electrons. The predicted octanol–water partition coefficient (Wildman–Crippen LogP) is 4.33. The van der Waals surface area contributed by atoms with E-state index in [1.807, 2.05) is 30.3 Å². The Morgan fingerprint density at radius 3 is 1.90 bits per heavy atom. The van der Waals surface area contributed by atoms with Crippen LogP contribution in [0.25, 0.3) is 5.76 Å². The van der Waals surface area contributed by atoms with Crippen LogP contribution in [0.15, 0.2) is 84.4 Å². The van der Waals surface area contributed by atoms with E-state index in [1.54, 1.807) is 62.8 Å². The highest BCUT2D eigenvalue weighted by Gasteiger charge is 2.46. The zero-order valence-corrected chi connectivity index (χ0v) is 17.1. The Labute approximate surface area is 180 Å². The van der Waals surface area contributed by atoms with Crippen molar-refractivity contribution in [2.75, 3.05) is 19.1 Å². The summed E-state index contributed by atoms with van der Waals surface area (Å²) >= 11 is 0.